The third kappa shape index (κ3) is 4.57. The Kier molecular flexibility index (Phi) is 6.51. The lowest BCUT2D eigenvalue weighted by Gasteiger charge is -2.34. The van der Waals surface area contributed by atoms with Crippen LogP contribution in [0.2, 0.25) is 0 Å². The summed E-state index contributed by atoms with van der Waals surface area (Å²) in [7, 11) is 1.78. The molecule has 0 saturated heterocycles. The summed E-state index contributed by atoms with van der Waals surface area (Å²) in [5, 5.41) is 4.52. The quantitative estimate of drug-likeness (QED) is 0.291. The topological polar surface area (TPSA) is 117 Å². The molecule has 216 valence electrons. The second-order valence-electron chi connectivity index (χ2n) is 10.2. The van der Waals surface area contributed by atoms with Crippen molar-refractivity contribution in [3.8, 4) is 11.8 Å². The molecule has 1 atom stereocenters. The third-order valence-electron chi connectivity index (χ3n) is 7.21. The maximum atomic E-state index is 14.1. The molecule has 6 rings (SSSR count). The minimum absolute atomic E-state index is 0.0833. The number of benzene rings is 1. The number of halogens is 4. The summed E-state index contributed by atoms with van der Waals surface area (Å²) in [5.41, 5.74) is 1.49. The van der Waals surface area contributed by atoms with Crippen LogP contribution in [0.4, 0.5) is 13.2 Å². The number of hydrogen-bond donors (Lipinski definition) is 0. The van der Waals surface area contributed by atoms with Crippen LogP contribution in [0.5, 0.6) is 0 Å². The number of carbonyl (C=O) groups is 1. The fraction of sp³-hybridized carbons (Fsp3) is 0.296. The van der Waals surface area contributed by atoms with Gasteiger partial charge in [0, 0.05) is 34.4 Å². The van der Waals surface area contributed by atoms with E-state index in [0.717, 1.165) is 6.07 Å². The molecule has 4 aromatic heterocycles. The van der Waals surface area contributed by atoms with Crippen LogP contribution in [-0.4, -0.2) is 55.7 Å². The Morgan fingerprint density at radius 1 is 1.12 bits per heavy atom. The zero-order valence-electron chi connectivity index (χ0n) is 22.8. The Morgan fingerprint density at radius 2 is 1.88 bits per heavy atom. The lowest BCUT2D eigenvalue weighted by molar-refractivity contribution is -0.138. The van der Waals surface area contributed by atoms with Gasteiger partial charge in [0.1, 0.15) is 0 Å². The second kappa shape index (κ2) is 9.86. The van der Waals surface area contributed by atoms with Crippen molar-refractivity contribution in [1.82, 2.24) is 43.8 Å². The van der Waals surface area contributed by atoms with E-state index in [-0.39, 0.29) is 34.8 Å². The Labute approximate surface area is 244 Å². The molecule has 0 bridgehead atoms. The third-order valence-corrected chi connectivity index (χ3v) is 7.91. The molecule has 1 aliphatic heterocycles. The molecule has 1 unspecified atom stereocenters. The van der Waals surface area contributed by atoms with Crippen LogP contribution in [0.15, 0.2) is 46.1 Å². The number of hydrogen-bond acceptors (Lipinski definition) is 7. The van der Waals surface area contributed by atoms with E-state index in [4.69, 9.17) is 4.98 Å². The van der Waals surface area contributed by atoms with Crippen molar-refractivity contribution in [3.05, 3.63) is 85.4 Å². The van der Waals surface area contributed by atoms with Gasteiger partial charge in [-0.15, -0.1) is 0 Å². The molecule has 1 amide bonds. The molecular weight excluding hydrogens is 619 g/mol. The molecule has 1 aromatic carbocycles. The average molecular weight is 642 g/mol. The first kappa shape index (κ1) is 27.8. The van der Waals surface area contributed by atoms with Gasteiger partial charge < -0.3 is 9.47 Å². The minimum atomic E-state index is -4.64. The van der Waals surface area contributed by atoms with E-state index in [1.807, 2.05) is 13.0 Å². The van der Waals surface area contributed by atoms with Crippen molar-refractivity contribution in [1.29, 1.82) is 0 Å². The molecule has 0 saturated carbocycles. The first-order valence-corrected chi connectivity index (χ1v) is 13.6. The highest BCUT2D eigenvalue weighted by molar-refractivity contribution is 9.10. The van der Waals surface area contributed by atoms with Crippen LogP contribution in [0.3, 0.4) is 0 Å². The van der Waals surface area contributed by atoms with Gasteiger partial charge in [-0.25, -0.2) is 29.2 Å². The summed E-state index contributed by atoms with van der Waals surface area (Å²) >= 11 is 2.92. The smallest absolute Gasteiger partial charge is 0.330 e. The van der Waals surface area contributed by atoms with Gasteiger partial charge in [-0.3, -0.25) is 9.59 Å². The molecule has 0 N–H and O–H groups in total. The highest BCUT2D eigenvalue weighted by Gasteiger charge is 2.36. The van der Waals surface area contributed by atoms with E-state index in [1.54, 1.807) is 31.8 Å². The summed E-state index contributed by atoms with van der Waals surface area (Å²) in [6.07, 6.45) is -1.48. The Balaban J connectivity index is 1.48. The predicted octanol–water partition coefficient (Wildman–Crippen LogP) is 4.08. The van der Waals surface area contributed by atoms with Gasteiger partial charge in [-0.2, -0.15) is 18.3 Å². The largest absolute Gasteiger partial charge is 0.417 e. The zero-order valence-corrected chi connectivity index (χ0v) is 24.4. The van der Waals surface area contributed by atoms with Crippen molar-refractivity contribution >= 4 is 33.1 Å². The molecule has 0 radical (unpaired) electrons. The SMILES string of the molecule is Cc1cc(C)n(-c2nc3c(c(=O)n2-c2cnc4c(ncn4C)n2)CC(C)N(C(=O)c2ccc(Br)c(C(F)(F)F)c2)C3)n1. The average Bonchev–Trinajstić information content (AvgIpc) is 3.47. The summed E-state index contributed by atoms with van der Waals surface area (Å²) in [4.78, 5) is 47.1. The maximum absolute atomic E-state index is 14.1. The van der Waals surface area contributed by atoms with Crippen LogP contribution in [0, 0.1) is 13.8 Å². The molecule has 1 aliphatic rings. The summed E-state index contributed by atoms with van der Waals surface area (Å²) < 4.78 is 45.0. The summed E-state index contributed by atoms with van der Waals surface area (Å²) in [5.74, 6) is -0.264. The number of imidazole rings is 1. The van der Waals surface area contributed by atoms with Gasteiger partial charge in [0.05, 0.1) is 36.0 Å². The maximum Gasteiger partial charge on any atom is 0.417 e. The Hall–Kier alpha value is -4.40. The van der Waals surface area contributed by atoms with Gasteiger partial charge >= 0.3 is 6.18 Å². The first-order chi connectivity index (χ1) is 19.8. The van der Waals surface area contributed by atoms with Crippen molar-refractivity contribution in [2.24, 2.45) is 7.05 Å². The van der Waals surface area contributed by atoms with Crippen molar-refractivity contribution in [3.63, 3.8) is 0 Å². The van der Waals surface area contributed by atoms with Crippen LogP contribution in [0.1, 0.15) is 45.5 Å². The molecule has 0 spiro atoms. The number of amides is 1. The first-order valence-electron chi connectivity index (χ1n) is 12.8. The van der Waals surface area contributed by atoms with Crippen LogP contribution >= 0.6 is 15.9 Å². The number of alkyl halides is 3. The van der Waals surface area contributed by atoms with E-state index >= 15 is 0 Å². The molecule has 15 heteroatoms. The monoisotopic (exact) mass is 641 g/mol. The normalized spacial score (nSPS) is 15.3. The van der Waals surface area contributed by atoms with E-state index in [1.165, 1.54) is 32.5 Å². The highest BCUT2D eigenvalue weighted by Crippen LogP contribution is 2.36. The van der Waals surface area contributed by atoms with Crippen molar-refractivity contribution in [2.75, 3.05) is 0 Å². The van der Waals surface area contributed by atoms with E-state index in [2.05, 4.69) is 36.0 Å². The Morgan fingerprint density at radius 3 is 2.57 bits per heavy atom. The van der Waals surface area contributed by atoms with Crippen molar-refractivity contribution < 1.29 is 18.0 Å². The second-order valence-corrected chi connectivity index (χ2v) is 11.1. The number of nitrogens with zero attached hydrogens (tertiary/aromatic N) is 9. The minimum Gasteiger partial charge on any atom is -0.330 e. The van der Waals surface area contributed by atoms with Gasteiger partial charge in [0.2, 0.25) is 5.95 Å². The van der Waals surface area contributed by atoms with E-state index in [0.29, 0.717) is 33.9 Å². The lowest BCUT2D eigenvalue weighted by Crippen LogP contribution is -2.46. The molecule has 0 aliphatic carbocycles. The molecule has 0 fully saturated rings. The van der Waals surface area contributed by atoms with E-state index in [9.17, 15) is 22.8 Å². The molecule has 11 nitrogen and oxygen atoms in total. The number of fused-ring (bicyclic) bond motifs is 2. The fourth-order valence-electron chi connectivity index (χ4n) is 5.14. The fourth-order valence-corrected chi connectivity index (χ4v) is 5.61. The zero-order chi connectivity index (χ0) is 30.1. The summed E-state index contributed by atoms with van der Waals surface area (Å²) in [6, 6.07) is 4.69. The highest BCUT2D eigenvalue weighted by atomic mass is 79.9. The molecular formula is C27H23BrF3N9O2. The number of aromatic nitrogens is 8. The van der Waals surface area contributed by atoms with E-state index < -0.39 is 29.2 Å². The van der Waals surface area contributed by atoms with Gasteiger partial charge in [-0.1, -0.05) is 15.9 Å². The van der Waals surface area contributed by atoms with Gasteiger partial charge in [0.25, 0.3) is 11.5 Å². The Bertz CT molecular complexity index is 1960. The molecule has 5 aromatic rings. The van der Waals surface area contributed by atoms with Gasteiger partial charge in [0.15, 0.2) is 17.1 Å². The number of aryl methyl sites for hydroxylation is 3. The van der Waals surface area contributed by atoms with Crippen LogP contribution in [0.25, 0.3) is 23.1 Å². The molecule has 42 heavy (non-hydrogen) atoms. The van der Waals surface area contributed by atoms with Gasteiger partial charge in [-0.05, 0) is 51.5 Å². The number of rotatable bonds is 3. The number of carbonyl (C=O) groups excluding carboxylic acids is 1. The predicted molar refractivity (Wildman–Crippen MR) is 148 cm³/mol. The standard InChI is InChI=1S/C27H23BrF3N9O2/c1-13-7-15(3)40(36-13)26-34-20-11-38(24(41)16-5-6-19(28)18(9-16)27(29,30)31)14(2)8-17(20)25(42)39(26)21-10-32-23-22(35-21)33-12-37(23)4/h5-7,9-10,12,14H,8,11H2,1-4H3. The van der Waals surface area contributed by atoms with Crippen LogP contribution < -0.4 is 5.56 Å². The summed E-state index contributed by atoms with van der Waals surface area (Å²) in [6.45, 7) is 5.27. The van der Waals surface area contributed by atoms with Crippen LogP contribution in [-0.2, 0) is 26.2 Å². The molecule has 5 heterocycles. The lowest BCUT2D eigenvalue weighted by atomic mass is 9.98. The van der Waals surface area contributed by atoms with Crippen molar-refractivity contribution in [2.45, 2.75) is 46.0 Å².